The lowest BCUT2D eigenvalue weighted by molar-refractivity contribution is 0.0941. The van der Waals surface area contributed by atoms with Crippen molar-refractivity contribution >= 4 is 5.91 Å². The van der Waals surface area contributed by atoms with Gasteiger partial charge in [0.15, 0.2) is 0 Å². The summed E-state index contributed by atoms with van der Waals surface area (Å²) in [4.78, 5) is 43.4. The van der Waals surface area contributed by atoms with E-state index in [1.807, 2.05) is 56.3 Å². The zero-order valence-corrected chi connectivity index (χ0v) is 18.4. The number of rotatable bonds is 6. The van der Waals surface area contributed by atoms with E-state index in [4.69, 9.17) is 0 Å². The van der Waals surface area contributed by atoms with Crippen molar-refractivity contribution in [2.75, 3.05) is 0 Å². The molecule has 8 heteroatoms. The third-order valence-electron chi connectivity index (χ3n) is 5.09. The fourth-order valence-electron chi connectivity index (χ4n) is 3.57. The molecule has 2 aromatic carbocycles. The van der Waals surface area contributed by atoms with Crippen molar-refractivity contribution in [3.8, 4) is 5.69 Å². The van der Waals surface area contributed by atoms with Crippen LogP contribution in [0.25, 0.3) is 5.69 Å². The zero-order valence-electron chi connectivity index (χ0n) is 18.4. The van der Waals surface area contributed by atoms with Gasteiger partial charge >= 0.3 is 5.69 Å². The number of carbonyl (C=O) groups excluding carboxylic acids is 1. The van der Waals surface area contributed by atoms with Gasteiger partial charge in [-0.3, -0.25) is 19.1 Å². The Morgan fingerprint density at radius 1 is 0.939 bits per heavy atom. The number of hydrogen-bond donors (Lipinski definition) is 1. The molecule has 166 valence electrons. The molecule has 0 saturated heterocycles. The fourth-order valence-corrected chi connectivity index (χ4v) is 3.57. The van der Waals surface area contributed by atoms with Crippen LogP contribution in [0.2, 0.25) is 0 Å². The molecule has 0 aliphatic heterocycles. The van der Waals surface area contributed by atoms with E-state index in [-0.39, 0.29) is 18.8 Å². The van der Waals surface area contributed by atoms with Gasteiger partial charge in [0.2, 0.25) is 5.69 Å². The Morgan fingerprint density at radius 3 is 2.30 bits per heavy atom. The minimum Gasteiger partial charge on any atom is -0.346 e. The highest BCUT2D eigenvalue weighted by Crippen LogP contribution is 2.11. The Kier molecular flexibility index (Phi) is 6.26. The largest absolute Gasteiger partial charge is 0.352 e. The number of carbonyl (C=O) groups is 1. The highest BCUT2D eigenvalue weighted by molar-refractivity contribution is 5.91. The van der Waals surface area contributed by atoms with Gasteiger partial charge in [0.25, 0.3) is 11.5 Å². The lowest BCUT2D eigenvalue weighted by atomic mass is 10.1. The molecule has 0 fully saturated rings. The highest BCUT2D eigenvalue weighted by atomic mass is 16.2. The molecule has 8 nitrogen and oxygen atoms in total. The Hall–Kier alpha value is -4.33. The number of benzene rings is 2. The quantitative estimate of drug-likeness (QED) is 0.495. The van der Waals surface area contributed by atoms with Crippen LogP contribution in [0.5, 0.6) is 0 Å². The maximum Gasteiger partial charge on any atom is 0.352 e. The number of nitrogens with zero attached hydrogens (tertiary/aromatic N) is 4. The van der Waals surface area contributed by atoms with Crippen LogP contribution in [0.4, 0.5) is 0 Å². The summed E-state index contributed by atoms with van der Waals surface area (Å²) in [6, 6.07) is 18.2. The SMILES string of the molecule is Cc1cc(C)cc(-n2nc(C(=O)NCc3cccnc3)c(=O)n(Cc3ccccc3)c2=O)c1. The van der Waals surface area contributed by atoms with Crippen molar-refractivity contribution < 1.29 is 4.79 Å². The zero-order chi connectivity index (χ0) is 23.4. The minimum absolute atomic E-state index is 0.0225. The maximum atomic E-state index is 13.3. The van der Waals surface area contributed by atoms with Gasteiger partial charge in [-0.15, -0.1) is 0 Å². The van der Waals surface area contributed by atoms with E-state index >= 15 is 0 Å². The first-order valence-corrected chi connectivity index (χ1v) is 10.5. The van der Waals surface area contributed by atoms with Gasteiger partial charge in [-0.25, -0.2) is 4.79 Å². The maximum absolute atomic E-state index is 13.3. The van der Waals surface area contributed by atoms with Gasteiger partial charge in [0.1, 0.15) is 0 Å². The summed E-state index contributed by atoms with van der Waals surface area (Å²) in [7, 11) is 0. The molecule has 1 N–H and O–H groups in total. The van der Waals surface area contributed by atoms with Crippen LogP contribution in [0, 0.1) is 13.8 Å². The first-order valence-electron chi connectivity index (χ1n) is 10.5. The summed E-state index contributed by atoms with van der Waals surface area (Å²) >= 11 is 0. The summed E-state index contributed by atoms with van der Waals surface area (Å²) < 4.78 is 2.16. The Labute approximate surface area is 190 Å². The molecular weight excluding hydrogens is 418 g/mol. The van der Waals surface area contributed by atoms with E-state index in [9.17, 15) is 14.4 Å². The minimum atomic E-state index is -0.742. The molecule has 4 rings (SSSR count). The van der Waals surface area contributed by atoms with Crippen molar-refractivity contribution in [1.82, 2.24) is 24.6 Å². The van der Waals surface area contributed by atoms with Crippen LogP contribution in [0.15, 0.2) is 82.6 Å². The lowest BCUT2D eigenvalue weighted by Crippen LogP contribution is -2.46. The number of hydrogen-bond acceptors (Lipinski definition) is 5. The second-order valence-corrected chi connectivity index (χ2v) is 7.81. The second kappa shape index (κ2) is 9.44. The van der Waals surface area contributed by atoms with Crippen LogP contribution >= 0.6 is 0 Å². The predicted molar refractivity (Wildman–Crippen MR) is 125 cm³/mol. The van der Waals surface area contributed by atoms with Crippen LogP contribution in [-0.4, -0.2) is 25.2 Å². The molecule has 0 aliphatic carbocycles. The number of aromatic nitrogens is 4. The van der Waals surface area contributed by atoms with Crippen LogP contribution in [-0.2, 0) is 13.1 Å². The van der Waals surface area contributed by atoms with E-state index < -0.39 is 17.2 Å². The van der Waals surface area contributed by atoms with E-state index in [0.717, 1.165) is 31.5 Å². The molecule has 0 aliphatic rings. The first kappa shape index (κ1) is 21.9. The number of amides is 1. The number of pyridine rings is 1. The van der Waals surface area contributed by atoms with Gasteiger partial charge in [0.05, 0.1) is 12.2 Å². The van der Waals surface area contributed by atoms with Crippen LogP contribution in [0.3, 0.4) is 0 Å². The molecule has 33 heavy (non-hydrogen) atoms. The molecule has 0 bridgehead atoms. The predicted octanol–water partition coefficient (Wildman–Crippen LogP) is 2.38. The smallest absolute Gasteiger partial charge is 0.346 e. The monoisotopic (exact) mass is 441 g/mol. The topological polar surface area (TPSA) is 98.9 Å². The van der Waals surface area contributed by atoms with Crippen LogP contribution in [0.1, 0.15) is 32.7 Å². The molecule has 2 heterocycles. The second-order valence-electron chi connectivity index (χ2n) is 7.81. The van der Waals surface area contributed by atoms with E-state index in [2.05, 4.69) is 15.4 Å². The van der Waals surface area contributed by atoms with Gasteiger partial charge < -0.3 is 5.32 Å². The average Bonchev–Trinajstić information content (AvgIpc) is 2.81. The lowest BCUT2D eigenvalue weighted by Gasteiger charge is -2.13. The summed E-state index contributed by atoms with van der Waals surface area (Å²) in [6.45, 7) is 4.01. The summed E-state index contributed by atoms with van der Waals surface area (Å²) in [5.41, 5.74) is 2.18. The normalized spacial score (nSPS) is 10.7. The highest BCUT2D eigenvalue weighted by Gasteiger charge is 2.20. The molecule has 0 spiro atoms. The third kappa shape index (κ3) is 4.95. The average molecular weight is 441 g/mol. The Bertz CT molecular complexity index is 1390. The van der Waals surface area contributed by atoms with Gasteiger partial charge in [-0.2, -0.15) is 9.78 Å². The Morgan fingerprint density at radius 2 is 1.64 bits per heavy atom. The third-order valence-corrected chi connectivity index (χ3v) is 5.09. The summed E-state index contributed by atoms with van der Waals surface area (Å²) in [6.07, 6.45) is 3.26. The summed E-state index contributed by atoms with van der Waals surface area (Å²) in [5, 5.41) is 6.88. The van der Waals surface area contributed by atoms with Crippen molar-refractivity contribution in [2.45, 2.75) is 26.9 Å². The molecule has 2 aromatic heterocycles. The fraction of sp³-hybridized carbons (Fsp3) is 0.160. The molecular formula is C25H23N5O3. The molecule has 0 radical (unpaired) electrons. The molecule has 1 amide bonds. The number of nitrogens with one attached hydrogen (secondary N) is 1. The first-order chi connectivity index (χ1) is 15.9. The standard InChI is InChI=1S/C25H23N5O3/c1-17-11-18(2)13-21(12-17)30-25(33)29(16-19-7-4-3-5-8-19)24(32)22(28-30)23(31)27-15-20-9-6-10-26-14-20/h3-14H,15-16H2,1-2H3,(H,27,31). The van der Waals surface area contributed by atoms with E-state index in [1.54, 1.807) is 30.6 Å². The van der Waals surface area contributed by atoms with Crippen molar-refractivity contribution in [3.63, 3.8) is 0 Å². The number of aryl methyl sites for hydroxylation is 2. The van der Waals surface area contributed by atoms with Gasteiger partial charge in [-0.1, -0.05) is 42.5 Å². The summed E-state index contributed by atoms with van der Waals surface area (Å²) in [5.74, 6) is -0.663. The Balaban J connectivity index is 1.81. The van der Waals surface area contributed by atoms with Gasteiger partial charge in [0, 0.05) is 18.9 Å². The van der Waals surface area contributed by atoms with E-state index in [0.29, 0.717) is 5.69 Å². The molecule has 4 aromatic rings. The molecule has 0 atom stereocenters. The molecule has 0 saturated carbocycles. The van der Waals surface area contributed by atoms with Gasteiger partial charge in [-0.05, 0) is 54.3 Å². The van der Waals surface area contributed by atoms with Crippen molar-refractivity contribution in [3.05, 3.63) is 122 Å². The van der Waals surface area contributed by atoms with E-state index in [1.165, 1.54) is 0 Å². The van der Waals surface area contributed by atoms with Crippen LogP contribution < -0.4 is 16.6 Å². The van der Waals surface area contributed by atoms with Crippen molar-refractivity contribution in [1.29, 1.82) is 0 Å². The van der Waals surface area contributed by atoms with Crippen molar-refractivity contribution in [2.24, 2.45) is 0 Å². The molecule has 0 unspecified atom stereocenters.